The fourth-order valence-electron chi connectivity index (χ4n) is 4.54. The maximum Gasteiger partial charge on any atom is 0.421 e. The number of piperidine rings is 1. The fraction of sp³-hybridized carbons (Fsp3) is 0.476. The summed E-state index contributed by atoms with van der Waals surface area (Å²) in [5.41, 5.74) is -0.833. The Bertz CT molecular complexity index is 1240. The maximum absolute atomic E-state index is 13.3. The summed E-state index contributed by atoms with van der Waals surface area (Å²) in [7, 11) is 0. The molecule has 1 spiro atoms. The van der Waals surface area contributed by atoms with Gasteiger partial charge in [-0.3, -0.25) is 9.78 Å². The molecule has 5 rings (SSSR count). The highest BCUT2D eigenvalue weighted by Gasteiger charge is 2.47. The monoisotopic (exact) mass is 497 g/mol. The first-order valence-electron chi connectivity index (χ1n) is 10.8. The number of aromatic nitrogens is 5. The lowest BCUT2D eigenvalue weighted by Gasteiger charge is -2.38. The summed E-state index contributed by atoms with van der Waals surface area (Å²) in [6.45, 7) is 0.585. The summed E-state index contributed by atoms with van der Waals surface area (Å²) in [5.74, 6) is -0.354. The van der Waals surface area contributed by atoms with E-state index in [2.05, 4.69) is 20.1 Å². The number of alkyl halides is 5. The van der Waals surface area contributed by atoms with E-state index < -0.39 is 35.9 Å². The van der Waals surface area contributed by atoms with Gasteiger partial charge in [-0.2, -0.15) is 23.3 Å². The molecule has 9 nitrogen and oxygen atoms in total. The zero-order chi connectivity index (χ0) is 24.8. The number of rotatable bonds is 5. The van der Waals surface area contributed by atoms with E-state index in [9.17, 15) is 26.7 Å². The number of carbonyl (C=O) groups is 1. The van der Waals surface area contributed by atoms with Gasteiger partial charge in [-0.05, 0) is 12.8 Å². The fourth-order valence-corrected chi connectivity index (χ4v) is 4.54. The first-order valence-corrected chi connectivity index (χ1v) is 10.8. The zero-order valence-electron chi connectivity index (χ0n) is 18.3. The molecule has 0 aliphatic carbocycles. The van der Waals surface area contributed by atoms with Gasteiger partial charge < -0.3 is 9.74 Å². The van der Waals surface area contributed by atoms with E-state index in [4.69, 9.17) is 4.84 Å². The molecular weight excluding hydrogens is 477 g/mol. The van der Waals surface area contributed by atoms with Gasteiger partial charge in [0.2, 0.25) is 0 Å². The first-order chi connectivity index (χ1) is 16.6. The average Bonchev–Trinajstić information content (AvgIpc) is 3.33. The quantitative estimate of drug-likeness (QED) is 0.500. The highest BCUT2D eigenvalue weighted by Crippen LogP contribution is 2.43. The highest BCUT2D eigenvalue weighted by molar-refractivity contribution is 5.79. The van der Waals surface area contributed by atoms with Crippen molar-refractivity contribution in [1.82, 2.24) is 29.8 Å². The number of halogens is 5. The van der Waals surface area contributed by atoms with Crippen LogP contribution in [-0.4, -0.2) is 61.8 Å². The molecule has 1 amide bonds. The minimum absolute atomic E-state index is 0.152. The first kappa shape index (κ1) is 23.2. The van der Waals surface area contributed by atoms with Crippen molar-refractivity contribution in [2.45, 2.75) is 38.4 Å². The van der Waals surface area contributed by atoms with Gasteiger partial charge in [0.15, 0.2) is 11.4 Å². The highest BCUT2D eigenvalue weighted by atomic mass is 19.4. The van der Waals surface area contributed by atoms with Crippen LogP contribution in [0.25, 0.3) is 11.2 Å². The van der Waals surface area contributed by atoms with E-state index in [1.165, 1.54) is 12.4 Å². The molecule has 0 radical (unpaired) electrons. The molecule has 0 bridgehead atoms. The van der Waals surface area contributed by atoms with Gasteiger partial charge in [0.25, 0.3) is 12.3 Å². The summed E-state index contributed by atoms with van der Waals surface area (Å²) in [4.78, 5) is 32.2. The molecule has 3 aromatic rings. The molecule has 186 valence electrons. The number of amides is 1. The van der Waals surface area contributed by atoms with E-state index in [0.717, 1.165) is 15.8 Å². The van der Waals surface area contributed by atoms with Crippen molar-refractivity contribution in [3.63, 3.8) is 0 Å². The summed E-state index contributed by atoms with van der Waals surface area (Å²) in [5, 5.41) is 4.91. The molecule has 2 aliphatic rings. The van der Waals surface area contributed by atoms with E-state index in [1.54, 1.807) is 6.20 Å². The molecule has 2 saturated heterocycles. The van der Waals surface area contributed by atoms with Crippen molar-refractivity contribution in [2.24, 2.45) is 5.41 Å². The molecule has 35 heavy (non-hydrogen) atoms. The Morgan fingerprint density at radius 3 is 2.63 bits per heavy atom. The topological polar surface area (TPSA) is 89.3 Å². The van der Waals surface area contributed by atoms with Gasteiger partial charge >= 0.3 is 6.18 Å². The molecule has 0 N–H and O–H groups in total. The number of pyridine rings is 1. The Kier molecular flexibility index (Phi) is 5.68. The second kappa shape index (κ2) is 8.57. The number of fused-ring (bicyclic) bond motifs is 1. The van der Waals surface area contributed by atoms with Crippen LogP contribution >= 0.6 is 0 Å². The van der Waals surface area contributed by atoms with Crippen LogP contribution in [0.1, 0.15) is 24.8 Å². The maximum atomic E-state index is 13.3. The predicted octanol–water partition coefficient (Wildman–Crippen LogP) is 3.32. The second-order valence-electron chi connectivity index (χ2n) is 8.71. The van der Waals surface area contributed by atoms with Crippen LogP contribution < -0.4 is 9.74 Å². The number of hydroxylamine groups is 2. The van der Waals surface area contributed by atoms with Crippen LogP contribution in [0.2, 0.25) is 0 Å². The minimum Gasteiger partial charge on any atom is -0.376 e. The molecule has 0 atom stereocenters. The zero-order valence-corrected chi connectivity index (χ0v) is 18.3. The number of carbonyl (C=O) groups excluding carboxylic acids is 1. The lowest BCUT2D eigenvalue weighted by Crippen LogP contribution is -2.42. The van der Waals surface area contributed by atoms with Crippen LogP contribution in [0.4, 0.5) is 27.8 Å². The van der Waals surface area contributed by atoms with Gasteiger partial charge in [0.1, 0.15) is 23.4 Å². The third-order valence-electron chi connectivity index (χ3n) is 6.37. The third kappa shape index (κ3) is 4.56. The van der Waals surface area contributed by atoms with Crippen LogP contribution in [0.5, 0.6) is 5.75 Å². The molecule has 2 fully saturated rings. The van der Waals surface area contributed by atoms with Gasteiger partial charge in [-0.25, -0.2) is 23.4 Å². The number of anilines is 1. The van der Waals surface area contributed by atoms with Crippen LogP contribution in [-0.2, 0) is 17.5 Å². The largest absolute Gasteiger partial charge is 0.421 e. The van der Waals surface area contributed by atoms with Crippen molar-refractivity contribution >= 4 is 22.9 Å². The molecule has 0 unspecified atom stereocenters. The minimum atomic E-state index is -4.66. The molecule has 0 aromatic carbocycles. The van der Waals surface area contributed by atoms with E-state index in [-0.39, 0.29) is 24.5 Å². The normalized spacial score (nSPS) is 18.3. The predicted molar refractivity (Wildman–Crippen MR) is 111 cm³/mol. The molecule has 3 aromatic heterocycles. The average molecular weight is 497 g/mol. The third-order valence-corrected chi connectivity index (χ3v) is 6.37. The van der Waals surface area contributed by atoms with Crippen molar-refractivity contribution in [3.8, 4) is 5.75 Å². The van der Waals surface area contributed by atoms with Crippen molar-refractivity contribution < 1.29 is 31.6 Å². The van der Waals surface area contributed by atoms with Crippen molar-refractivity contribution in [1.29, 1.82) is 0 Å². The van der Waals surface area contributed by atoms with Gasteiger partial charge in [0.05, 0.1) is 18.9 Å². The van der Waals surface area contributed by atoms with Gasteiger partial charge in [-0.1, -0.05) is 0 Å². The number of nitrogens with zero attached hydrogens (tertiary/aromatic N) is 7. The molecule has 14 heteroatoms. The second-order valence-corrected chi connectivity index (χ2v) is 8.71. The van der Waals surface area contributed by atoms with Crippen molar-refractivity contribution in [3.05, 3.63) is 36.4 Å². The van der Waals surface area contributed by atoms with Crippen LogP contribution in [0.3, 0.4) is 0 Å². The summed E-state index contributed by atoms with van der Waals surface area (Å²) in [6.07, 6.45) is -1.20. The van der Waals surface area contributed by atoms with Crippen LogP contribution in [0.15, 0.2) is 30.9 Å². The standard InChI is InChI=1S/C21H20F5N7O2/c22-16(23)11-32-19-14(9-29-32)28-10-17(30-19)31-5-2-20(3-6-31)7-18(34)33(12-20)35-15-1-4-27-8-13(15)21(24,25)26/h1,4,8-10,16H,2-3,5-7,11-12H2. The van der Waals surface area contributed by atoms with E-state index in [0.29, 0.717) is 43.5 Å². The summed E-state index contributed by atoms with van der Waals surface area (Å²) >= 11 is 0. The number of hydrogen-bond donors (Lipinski definition) is 0. The van der Waals surface area contributed by atoms with Gasteiger partial charge in [-0.15, -0.1) is 0 Å². The van der Waals surface area contributed by atoms with Gasteiger partial charge in [0, 0.05) is 43.4 Å². The molecule has 0 saturated carbocycles. The number of hydrogen-bond acceptors (Lipinski definition) is 7. The Balaban J connectivity index is 1.27. The van der Waals surface area contributed by atoms with E-state index in [1.807, 2.05) is 4.90 Å². The molecular formula is C21H20F5N7O2. The lowest BCUT2D eigenvalue weighted by atomic mass is 9.77. The lowest BCUT2D eigenvalue weighted by molar-refractivity contribution is -0.157. The molecule has 5 heterocycles. The SMILES string of the molecule is O=C1CC2(CCN(c3cnc4cnn(CC(F)F)c4n3)CC2)CN1Oc1ccncc1C(F)(F)F. The van der Waals surface area contributed by atoms with E-state index >= 15 is 0 Å². The summed E-state index contributed by atoms with van der Waals surface area (Å²) in [6, 6.07) is 1.08. The summed E-state index contributed by atoms with van der Waals surface area (Å²) < 4.78 is 66.5. The Hall–Kier alpha value is -3.58. The molecule has 2 aliphatic heterocycles. The Morgan fingerprint density at radius 2 is 1.91 bits per heavy atom. The Morgan fingerprint density at radius 1 is 1.14 bits per heavy atom. The van der Waals surface area contributed by atoms with Crippen LogP contribution in [0, 0.1) is 5.41 Å². The van der Waals surface area contributed by atoms with Crippen molar-refractivity contribution in [2.75, 3.05) is 24.5 Å². The Labute approximate surface area is 195 Å². The smallest absolute Gasteiger partial charge is 0.376 e.